The molecular formula is C5H10N6Te. The fourth-order valence-electron chi connectivity index (χ4n) is 1.26. The van der Waals surface area contributed by atoms with Crippen LogP contribution in [0.2, 0.25) is 8.94 Å². The van der Waals surface area contributed by atoms with Gasteiger partial charge in [0.2, 0.25) is 0 Å². The van der Waals surface area contributed by atoms with E-state index in [1.54, 1.807) is 0 Å². The van der Waals surface area contributed by atoms with E-state index < -0.39 is 18.7 Å². The van der Waals surface area contributed by atoms with Crippen molar-refractivity contribution in [2.75, 3.05) is 0 Å². The Morgan fingerprint density at radius 2 is 1.42 bits per heavy atom. The first kappa shape index (κ1) is 9.50. The van der Waals surface area contributed by atoms with Crippen LogP contribution in [0.25, 0.3) is 20.9 Å². The van der Waals surface area contributed by atoms with Crippen molar-refractivity contribution in [1.82, 2.24) is 0 Å². The van der Waals surface area contributed by atoms with E-state index in [-0.39, 0.29) is 0 Å². The van der Waals surface area contributed by atoms with E-state index >= 15 is 0 Å². The Hall–Kier alpha value is -0.590. The fourth-order valence-corrected chi connectivity index (χ4v) is 7.45. The summed E-state index contributed by atoms with van der Waals surface area (Å²) in [5, 5.41) is 0. The number of hydrogen-bond donors (Lipinski definition) is 0. The number of nitrogens with zero attached hydrogens (tertiary/aromatic N) is 6. The Morgan fingerprint density at radius 1 is 0.917 bits per heavy atom. The topological polar surface area (TPSA) is 97.5 Å². The van der Waals surface area contributed by atoms with Gasteiger partial charge in [-0.3, -0.25) is 0 Å². The summed E-state index contributed by atoms with van der Waals surface area (Å²) in [6, 6.07) is 0. The van der Waals surface area contributed by atoms with E-state index in [4.69, 9.17) is 11.1 Å². The van der Waals surface area contributed by atoms with Crippen LogP contribution in [0.5, 0.6) is 0 Å². The number of rotatable bonds is 2. The monoisotopic (exact) mass is 284 g/mol. The van der Waals surface area contributed by atoms with Crippen LogP contribution in [0.4, 0.5) is 0 Å². The van der Waals surface area contributed by atoms with Crippen LogP contribution in [0.15, 0.2) is 6.73 Å². The van der Waals surface area contributed by atoms with E-state index in [0.717, 1.165) is 21.8 Å². The molecule has 0 unspecified atom stereocenters. The van der Waals surface area contributed by atoms with Gasteiger partial charge in [0, 0.05) is 0 Å². The van der Waals surface area contributed by atoms with Gasteiger partial charge in [0.05, 0.1) is 0 Å². The summed E-state index contributed by atoms with van der Waals surface area (Å²) >= 11 is -2.80. The third-order valence-electron chi connectivity index (χ3n) is 1.82. The van der Waals surface area contributed by atoms with Gasteiger partial charge in [0.25, 0.3) is 0 Å². The average Bonchev–Trinajstić information content (AvgIpc) is 2.07. The molecular weight excluding hydrogens is 272 g/mol. The first-order chi connectivity index (χ1) is 5.83. The Morgan fingerprint density at radius 3 is 1.83 bits per heavy atom. The second-order valence-electron chi connectivity index (χ2n) is 2.61. The molecule has 12 heavy (non-hydrogen) atoms. The van der Waals surface area contributed by atoms with E-state index in [2.05, 4.69) is 16.6 Å². The standard InChI is InChI=1S/C5H10N6Te/c6-8-10-12(11-9-7)4-2-1-3-5-12/h1-5H2. The summed E-state index contributed by atoms with van der Waals surface area (Å²) in [4.78, 5) is 5.59. The van der Waals surface area contributed by atoms with Crippen LogP contribution in [-0.4, -0.2) is 18.7 Å². The van der Waals surface area contributed by atoms with Crippen molar-refractivity contribution in [1.29, 1.82) is 0 Å². The molecule has 1 fully saturated rings. The molecule has 0 aliphatic carbocycles. The summed E-state index contributed by atoms with van der Waals surface area (Å²) in [7, 11) is 0. The summed E-state index contributed by atoms with van der Waals surface area (Å²) in [5.74, 6) is 0. The summed E-state index contributed by atoms with van der Waals surface area (Å²) in [5.41, 5.74) is 16.7. The van der Waals surface area contributed by atoms with Crippen LogP contribution in [0, 0.1) is 0 Å². The molecule has 1 aliphatic heterocycles. The van der Waals surface area contributed by atoms with Crippen molar-refractivity contribution in [2.45, 2.75) is 28.2 Å². The predicted octanol–water partition coefficient (Wildman–Crippen LogP) is 3.23. The zero-order chi connectivity index (χ0) is 8.86. The van der Waals surface area contributed by atoms with Crippen molar-refractivity contribution < 1.29 is 0 Å². The normalized spacial score (nSPS) is 23.0. The molecule has 0 radical (unpaired) electrons. The van der Waals surface area contributed by atoms with Gasteiger partial charge < -0.3 is 0 Å². The summed E-state index contributed by atoms with van der Waals surface area (Å²) < 4.78 is 9.25. The summed E-state index contributed by atoms with van der Waals surface area (Å²) in [6.45, 7) is 0. The van der Waals surface area contributed by atoms with Crippen LogP contribution in [0.1, 0.15) is 19.3 Å². The predicted molar refractivity (Wildman–Crippen MR) is 47.5 cm³/mol. The van der Waals surface area contributed by atoms with E-state index in [1.807, 2.05) is 0 Å². The first-order valence-electron chi connectivity index (χ1n) is 3.74. The van der Waals surface area contributed by atoms with Crippen LogP contribution in [0.3, 0.4) is 0 Å². The maximum atomic E-state index is 8.33. The molecule has 0 saturated carbocycles. The second kappa shape index (κ2) is 4.44. The van der Waals surface area contributed by atoms with Gasteiger partial charge in [0.1, 0.15) is 0 Å². The van der Waals surface area contributed by atoms with Crippen LogP contribution < -0.4 is 0 Å². The number of hydrogen-bond acceptors (Lipinski definition) is 2. The molecule has 6 nitrogen and oxygen atoms in total. The van der Waals surface area contributed by atoms with E-state index in [0.29, 0.717) is 0 Å². The Balaban J connectivity index is 2.82. The minimum absolute atomic E-state index is 0.872. The molecule has 1 aliphatic rings. The Kier molecular flexibility index (Phi) is 3.51. The molecule has 0 spiro atoms. The van der Waals surface area contributed by atoms with Gasteiger partial charge in [-0.05, 0) is 0 Å². The molecule has 7 heteroatoms. The van der Waals surface area contributed by atoms with Crippen molar-refractivity contribution in [3.63, 3.8) is 0 Å². The van der Waals surface area contributed by atoms with Crippen LogP contribution in [-0.2, 0) is 0 Å². The van der Waals surface area contributed by atoms with Gasteiger partial charge in [-0.15, -0.1) is 0 Å². The zero-order valence-corrected chi connectivity index (χ0v) is 8.96. The molecule has 1 saturated heterocycles. The third-order valence-corrected chi connectivity index (χ3v) is 9.35. The van der Waals surface area contributed by atoms with Gasteiger partial charge in [-0.1, -0.05) is 0 Å². The molecule has 0 bridgehead atoms. The van der Waals surface area contributed by atoms with Crippen molar-refractivity contribution in [3.05, 3.63) is 20.9 Å². The first-order valence-corrected chi connectivity index (χ1v) is 9.12. The fraction of sp³-hybridized carbons (Fsp3) is 1.00. The van der Waals surface area contributed by atoms with Gasteiger partial charge in [-0.25, -0.2) is 0 Å². The quantitative estimate of drug-likeness (QED) is 0.321. The minimum atomic E-state index is -2.80. The van der Waals surface area contributed by atoms with Crippen molar-refractivity contribution in [2.24, 2.45) is 6.73 Å². The Labute approximate surface area is 74.7 Å². The van der Waals surface area contributed by atoms with Gasteiger partial charge in [-0.2, -0.15) is 0 Å². The summed E-state index contributed by atoms with van der Waals surface area (Å²) in [6.07, 6.45) is 3.29. The zero-order valence-electron chi connectivity index (χ0n) is 6.63. The van der Waals surface area contributed by atoms with Crippen molar-refractivity contribution in [3.8, 4) is 0 Å². The molecule has 0 amide bonds. The maximum absolute atomic E-state index is 8.33. The molecule has 1 rings (SSSR count). The van der Waals surface area contributed by atoms with E-state index in [1.165, 1.54) is 6.42 Å². The van der Waals surface area contributed by atoms with Gasteiger partial charge >= 0.3 is 74.5 Å². The third kappa shape index (κ3) is 2.20. The average molecular weight is 282 g/mol. The van der Waals surface area contributed by atoms with Crippen LogP contribution >= 0.6 is 0 Å². The van der Waals surface area contributed by atoms with E-state index in [9.17, 15) is 0 Å². The van der Waals surface area contributed by atoms with Crippen molar-refractivity contribution >= 4 is 18.7 Å². The molecule has 1 heterocycles. The SMILES string of the molecule is [N-]=[N+]=N[Te]1(N=[N+]=[N-])CCCCC1. The molecule has 0 aromatic rings. The number of azide groups is 1. The molecule has 0 aromatic carbocycles. The molecule has 66 valence electrons. The molecule has 0 atom stereocenters. The molecule has 0 N–H and O–H groups in total. The second-order valence-corrected chi connectivity index (χ2v) is 10.5. The molecule has 0 aromatic heterocycles. The van der Waals surface area contributed by atoms with Gasteiger partial charge in [0.15, 0.2) is 0 Å². The Bertz CT molecular complexity index is 225.